The highest BCUT2D eigenvalue weighted by Gasteiger charge is 2.36. The van der Waals surface area contributed by atoms with Gasteiger partial charge in [-0.25, -0.2) is 4.79 Å². The number of hydrogen-bond donors (Lipinski definition) is 2. The number of H-pyrrole nitrogens is 1. The fourth-order valence-corrected chi connectivity index (χ4v) is 2.24. The molecule has 0 spiro atoms. The molecule has 0 bridgehead atoms. The van der Waals surface area contributed by atoms with E-state index in [0.717, 1.165) is 0 Å². The zero-order valence-corrected chi connectivity index (χ0v) is 12.9. The van der Waals surface area contributed by atoms with Gasteiger partial charge in [0.1, 0.15) is 24.5 Å². The van der Waals surface area contributed by atoms with Gasteiger partial charge in [-0.2, -0.15) is 0 Å². The molecule has 23 heavy (non-hydrogen) atoms. The van der Waals surface area contributed by atoms with Crippen LogP contribution in [0.2, 0.25) is 0 Å². The number of esters is 1. The Hall–Kier alpha value is -2.37. The first-order chi connectivity index (χ1) is 11.0. The van der Waals surface area contributed by atoms with Gasteiger partial charge in [-0.15, -0.1) is 5.92 Å². The third kappa shape index (κ3) is 3.88. The van der Waals surface area contributed by atoms with E-state index in [4.69, 9.17) is 9.47 Å². The van der Waals surface area contributed by atoms with Gasteiger partial charge in [0.25, 0.3) is 5.56 Å². The van der Waals surface area contributed by atoms with Gasteiger partial charge in [0.15, 0.2) is 0 Å². The summed E-state index contributed by atoms with van der Waals surface area (Å²) in [6.07, 6.45) is -0.712. The molecule has 1 fully saturated rings. The van der Waals surface area contributed by atoms with Crippen LogP contribution in [0, 0.1) is 11.8 Å². The minimum absolute atomic E-state index is 0.0932. The monoisotopic (exact) mass is 322 g/mol. The second-order valence-electron chi connectivity index (χ2n) is 5.05. The summed E-state index contributed by atoms with van der Waals surface area (Å²) in [5.41, 5.74) is -1.10. The van der Waals surface area contributed by atoms with Crippen molar-refractivity contribution in [3.05, 3.63) is 32.6 Å². The van der Waals surface area contributed by atoms with Gasteiger partial charge in [-0.1, -0.05) is 12.8 Å². The van der Waals surface area contributed by atoms with E-state index in [2.05, 4.69) is 16.8 Å². The molecule has 1 saturated heterocycles. The minimum Gasteiger partial charge on any atom is -0.463 e. The number of carbonyl (C=O) groups is 1. The molecule has 8 heteroatoms. The summed E-state index contributed by atoms with van der Waals surface area (Å²) in [4.78, 5) is 36.9. The number of ether oxygens (including phenoxy) is 2. The van der Waals surface area contributed by atoms with E-state index < -0.39 is 35.7 Å². The summed E-state index contributed by atoms with van der Waals surface area (Å²) >= 11 is 0. The molecule has 1 aromatic heterocycles. The van der Waals surface area contributed by atoms with Crippen LogP contribution in [0.3, 0.4) is 0 Å². The van der Waals surface area contributed by atoms with Gasteiger partial charge in [0, 0.05) is 19.0 Å². The Labute approximate surface area is 132 Å². The Kier molecular flexibility index (Phi) is 5.36. The van der Waals surface area contributed by atoms with E-state index in [9.17, 15) is 19.5 Å². The molecule has 0 aliphatic carbocycles. The van der Waals surface area contributed by atoms with Crippen molar-refractivity contribution in [1.82, 2.24) is 9.55 Å². The zero-order chi connectivity index (χ0) is 17.0. The summed E-state index contributed by atoms with van der Waals surface area (Å²) in [5.74, 6) is 4.78. The normalized spacial score (nSPS) is 23.2. The highest BCUT2D eigenvalue weighted by molar-refractivity contribution is 5.68. The molecule has 1 aliphatic rings. The fourth-order valence-electron chi connectivity index (χ4n) is 2.24. The molecule has 1 unspecified atom stereocenters. The molecule has 0 amide bonds. The second-order valence-corrected chi connectivity index (χ2v) is 5.05. The van der Waals surface area contributed by atoms with Crippen molar-refractivity contribution in [1.29, 1.82) is 0 Å². The van der Waals surface area contributed by atoms with Crippen LogP contribution >= 0.6 is 0 Å². The van der Waals surface area contributed by atoms with Crippen LogP contribution in [-0.4, -0.2) is 39.4 Å². The Bertz CT molecular complexity index is 754. The Morgan fingerprint density at radius 3 is 2.96 bits per heavy atom. The number of aliphatic hydroxyl groups is 1. The zero-order valence-electron chi connectivity index (χ0n) is 12.9. The van der Waals surface area contributed by atoms with E-state index in [1.54, 1.807) is 13.8 Å². The number of hydrogen-bond acceptors (Lipinski definition) is 6. The second kappa shape index (κ2) is 7.26. The first-order valence-electron chi connectivity index (χ1n) is 7.23. The summed E-state index contributed by atoms with van der Waals surface area (Å²) in [6.45, 7) is 3.14. The third-order valence-corrected chi connectivity index (χ3v) is 3.44. The van der Waals surface area contributed by atoms with E-state index >= 15 is 0 Å². The van der Waals surface area contributed by atoms with E-state index in [1.165, 1.54) is 10.8 Å². The highest BCUT2D eigenvalue weighted by atomic mass is 16.6. The van der Waals surface area contributed by atoms with Crippen molar-refractivity contribution in [2.75, 3.05) is 6.61 Å². The first kappa shape index (κ1) is 17.0. The molecule has 0 aromatic carbocycles. The molecule has 0 saturated carbocycles. The van der Waals surface area contributed by atoms with Crippen LogP contribution in [0.5, 0.6) is 0 Å². The third-order valence-electron chi connectivity index (χ3n) is 3.44. The molecule has 2 N–H and O–H groups in total. The lowest BCUT2D eigenvalue weighted by Crippen LogP contribution is -2.33. The van der Waals surface area contributed by atoms with Crippen LogP contribution in [0.25, 0.3) is 0 Å². The van der Waals surface area contributed by atoms with Gasteiger partial charge in [0.05, 0.1) is 6.10 Å². The lowest BCUT2D eigenvalue weighted by molar-refractivity contribution is -0.149. The van der Waals surface area contributed by atoms with Crippen molar-refractivity contribution in [3.63, 3.8) is 0 Å². The molecule has 2 heterocycles. The van der Waals surface area contributed by atoms with Crippen LogP contribution in [0.4, 0.5) is 0 Å². The highest BCUT2D eigenvalue weighted by Crippen LogP contribution is 2.27. The Balaban J connectivity index is 2.18. The summed E-state index contributed by atoms with van der Waals surface area (Å²) in [7, 11) is 0. The SMILES string of the molecule is CC#Cc1cn([C@@H]2CC(O)[C@H](COC(=O)CC)O2)c(=O)[nH]c1=O. The molecule has 124 valence electrons. The molecule has 8 nitrogen and oxygen atoms in total. The van der Waals surface area contributed by atoms with E-state index in [1.807, 2.05) is 0 Å². The summed E-state index contributed by atoms with van der Waals surface area (Å²) in [5, 5.41) is 9.99. The largest absolute Gasteiger partial charge is 0.463 e. The van der Waals surface area contributed by atoms with Gasteiger partial charge in [-0.05, 0) is 6.92 Å². The van der Waals surface area contributed by atoms with Crippen LogP contribution in [0.1, 0.15) is 38.5 Å². The van der Waals surface area contributed by atoms with Gasteiger partial charge in [0.2, 0.25) is 0 Å². The van der Waals surface area contributed by atoms with Crippen molar-refractivity contribution >= 4 is 5.97 Å². The van der Waals surface area contributed by atoms with Gasteiger partial charge >= 0.3 is 11.7 Å². The predicted molar refractivity (Wildman–Crippen MR) is 79.7 cm³/mol. The van der Waals surface area contributed by atoms with Crippen molar-refractivity contribution in [3.8, 4) is 11.8 Å². The topological polar surface area (TPSA) is 111 Å². The molecule has 2 rings (SSSR count). The maximum Gasteiger partial charge on any atom is 0.330 e. The van der Waals surface area contributed by atoms with Gasteiger partial charge < -0.3 is 14.6 Å². The molecule has 0 radical (unpaired) electrons. The van der Waals surface area contributed by atoms with Crippen molar-refractivity contribution in [2.45, 2.75) is 45.1 Å². The molecular weight excluding hydrogens is 304 g/mol. The number of nitrogens with one attached hydrogen (secondary N) is 1. The van der Waals surface area contributed by atoms with Crippen LogP contribution in [-0.2, 0) is 14.3 Å². The average molecular weight is 322 g/mol. The van der Waals surface area contributed by atoms with E-state index in [-0.39, 0.29) is 25.0 Å². The van der Waals surface area contributed by atoms with Crippen LogP contribution < -0.4 is 11.2 Å². The number of aromatic amines is 1. The number of rotatable bonds is 4. The lowest BCUT2D eigenvalue weighted by atomic mass is 10.2. The lowest BCUT2D eigenvalue weighted by Gasteiger charge is -2.16. The average Bonchev–Trinajstić information content (AvgIpc) is 2.88. The number of carbonyl (C=O) groups excluding carboxylic acids is 1. The smallest absolute Gasteiger partial charge is 0.330 e. The predicted octanol–water partition coefficient (Wildman–Crippen LogP) is -0.490. The molecule has 1 aromatic rings. The van der Waals surface area contributed by atoms with Crippen LogP contribution in [0.15, 0.2) is 15.8 Å². The van der Waals surface area contributed by atoms with Gasteiger partial charge in [-0.3, -0.25) is 19.1 Å². The summed E-state index contributed by atoms with van der Waals surface area (Å²) < 4.78 is 11.7. The van der Waals surface area contributed by atoms with Crippen molar-refractivity contribution in [2.24, 2.45) is 0 Å². The first-order valence-corrected chi connectivity index (χ1v) is 7.23. The molecular formula is C15H18N2O6. The Morgan fingerprint density at radius 1 is 1.57 bits per heavy atom. The minimum atomic E-state index is -0.885. The number of nitrogens with zero attached hydrogens (tertiary/aromatic N) is 1. The molecule has 1 aliphatic heterocycles. The molecule has 3 atom stereocenters. The fraction of sp³-hybridized carbons (Fsp3) is 0.533. The number of aromatic nitrogens is 2. The quantitative estimate of drug-likeness (QED) is 0.572. The maximum absolute atomic E-state index is 11.9. The van der Waals surface area contributed by atoms with E-state index in [0.29, 0.717) is 0 Å². The Morgan fingerprint density at radius 2 is 2.30 bits per heavy atom. The maximum atomic E-state index is 11.9. The standard InChI is InChI=1S/C15H18N2O6/c1-3-5-9-7-17(15(21)16-14(9)20)12-6-10(18)11(23-12)8-22-13(19)4-2/h7,10-12,18H,4,6,8H2,1-2H3,(H,16,20,21)/t10?,11-,12-/m0/s1. The summed E-state index contributed by atoms with van der Waals surface area (Å²) in [6, 6.07) is 0. The number of aliphatic hydroxyl groups excluding tert-OH is 1. The van der Waals surface area contributed by atoms with Crippen molar-refractivity contribution < 1.29 is 19.4 Å².